The van der Waals surface area contributed by atoms with Crippen LogP contribution in [-0.4, -0.2) is 11.3 Å². The van der Waals surface area contributed by atoms with Crippen molar-refractivity contribution < 1.29 is 0 Å². The molecule has 0 unspecified atom stereocenters. The summed E-state index contributed by atoms with van der Waals surface area (Å²) in [6, 6.07) is 16.6. The highest BCUT2D eigenvalue weighted by Crippen LogP contribution is 2.74. The van der Waals surface area contributed by atoms with Gasteiger partial charge in [0.1, 0.15) is 0 Å². The zero-order valence-electron chi connectivity index (χ0n) is 18.4. The fourth-order valence-corrected chi connectivity index (χ4v) is 12.2. The van der Waals surface area contributed by atoms with Crippen LogP contribution in [0.4, 0.5) is 0 Å². The van der Waals surface area contributed by atoms with E-state index in [1.807, 2.05) is 0 Å². The van der Waals surface area contributed by atoms with Gasteiger partial charge in [0.2, 0.25) is 0 Å². The molecule has 2 fully saturated rings. The minimum atomic E-state index is -0.0719. The first-order valence-electron chi connectivity index (χ1n) is 12.3. The Morgan fingerprint density at radius 3 is 1.97 bits per heavy atom. The summed E-state index contributed by atoms with van der Waals surface area (Å²) in [5, 5.41) is 0.288. The van der Waals surface area contributed by atoms with Gasteiger partial charge in [-0.05, 0) is 78.2 Å². The van der Waals surface area contributed by atoms with Crippen LogP contribution >= 0.6 is 7.92 Å². The molecular weight excluding hydrogens is 367 g/mol. The van der Waals surface area contributed by atoms with Gasteiger partial charge in [-0.3, -0.25) is 0 Å². The van der Waals surface area contributed by atoms with E-state index >= 15 is 0 Å². The van der Waals surface area contributed by atoms with Crippen LogP contribution in [0.1, 0.15) is 94.2 Å². The molecule has 5 rings (SSSR count). The predicted octanol–water partition coefficient (Wildman–Crippen LogP) is 8.78. The average molecular weight is 405 g/mol. The van der Waals surface area contributed by atoms with E-state index in [2.05, 4.69) is 56.3 Å². The summed E-state index contributed by atoms with van der Waals surface area (Å²) < 4.78 is 0. The fraction of sp³-hybridized carbons (Fsp3) is 0.571. The molecule has 0 spiro atoms. The molecule has 29 heavy (non-hydrogen) atoms. The summed E-state index contributed by atoms with van der Waals surface area (Å²) in [7, 11) is -0.0719. The van der Waals surface area contributed by atoms with E-state index < -0.39 is 0 Å². The molecule has 0 radical (unpaired) electrons. The Balaban J connectivity index is 1.74. The van der Waals surface area contributed by atoms with Gasteiger partial charge in [0.15, 0.2) is 0 Å². The molecule has 0 aromatic heterocycles. The van der Waals surface area contributed by atoms with E-state index in [0.29, 0.717) is 0 Å². The Morgan fingerprint density at radius 2 is 1.34 bits per heavy atom. The molecule has 0 N–H and O–H groups in total. The molecule has 0 nitrogen and oxygen atoms in total. The molecule has 0 heterocycles. The number of hydrogen-bond donors (Lipinski definition) is 0. The topological polar surface area (TPSA) is 0 Å². The van der Waals surface area contributed by atoms with Crippen molar-refractivity contribution in [2.24, 2.45) is 0 Å². The molecule has 1 atom stereocenters. The zero-order valence-corrected chi connectivity index (χ0v) is 19.3. The molecule has 2 saturated carbocycles. The van der Waals surface area contributed by atoms with E-state index in [0.717, 1.165) is 11.3 Å². The van der Waals surface area contributed by atoms with Gasteiger partial charge >= 0.3 is 0 Å². The Kier molecular flexibility index (Phi) is 5.59. The summed E-state index contributed by atoms with van der Waals surface area (Å²) in [4.78, 5) is 0. The summed E-state index contributed by atoms with van der Waals surface area (Å²) in [6.07, 6.45) is 16.1. The molecular formula is C28H37P. The number of benzene rings is 2. The van der Waals surface area contributed by atoms with Gasteiger partial charge in [0, 0.05) is 5.16 Å². The molecule has 0 bridgehead atoms. The third-order valence-electron chi connectivity index (χ3n) is 8.24. The summed E-state index contributed by atoms with van der Waals surface area (Å²) >= 11 is 0. The minimum absolute atomic E-state index is 0.0719. The van der Waals surface area contributed by atoms with E-state index in [-0.39, 0.29) is 13.1 Å². The summed E-state index contributed by atoms with van der Waals surface area (Å²) in [6.45, 7) is 4.91. The summed E-state index contributed by atoms with van der Waals surface area (Å²) in [5.41, 5.74) is 10.0. The van der Waals surface area contributed by atoms with Crippen molar-refractivity contribution in [3.05, 3.63) is 59.2 Å². The molecule has 0 aliphatic heterocycles. The predicted molar refractivity (Wildman–Crippen MR) is 128 cm³/mol. The number of fused-ring (bicyclic) bond motifs is 3. The van der Waals surface area contributed by atoms with Crippen LogP contribution in [0.25, 0.3) is 11.1 Å². The maximum atomic E-state index is 2.51. The highest BCUT2D eigenvalue weighted by Gasteiger charge is 2.52. The number of hydrogen-bond acceptors (Lipinski definition) is 0. The van der Waals surface area contributed by atoms with E-state index in [9.17, 15) is 0 Å². The second kappa shape index (κ2) is 8.19. The first-order chi connectivity index (χ1) is 14.3. The quantitative estimate of drug-likeness (QED) is 0.447. The third-order valence-corrected chi connectivity index (χ3v) is 12.5. The maximum Gasteiger partial charge on any atom is 0.0418 e. The molecule has 2 aromatic carbocycles. The van der Waals surface area contributed by atoms with Crippen LogP contribution in [0.2, 0.25) is 0 Å². The largest absolute Gasteiger partial charge is 0.0846 e. The molecule has 0 saturated heterocycles. The van der Waals surface area contributed by atoms with Crippen LogP contribution in [0.5, 0.6) is 0 Å². The Bertz CT molecular complexity index is 838. The molecule has 3 aliphatic carbocycles. The van der Waals surface area contributed by atoms with Gasteiger partial charge in [-0.2, -0.15) is 0 Å². The van der Waals surface area contributed by atoms with Crippen LogP contribution in [0.3, 0.4) is 0 Å². The van der Waals surface area contributed by atoms with E-state index in [1.54, 1.807) is 27.8 Å². The zero-order chi connectivity index (χ0) is 19.8. The second-order valence-corrected chi connectivity index (χ2v) is 12.8. The van der Waals surface area contributed by atoms with Crippen LogP contribution < -0.4 is 0 Å². The number of aryl methyl sites for hydroxylation is 1. The van der Waals surface area contributed by atoms with E-state index in [4.69, 9.17) is 0 Å². The average Bonchev–Trinajstić information content (AvgIpc) is 3.08. The van der Waals surface area contributed by atoms with Gasteiger partial charge in [0.25, 0.3) is 0 Å². The fourth-order valence-electron chi connectivity index (χ4n) is 7.11. The molecule has 3 aliphatic rings. The Morgan fingerprint density at radius 1 is 0.759 bits per heavy atom. The Labute approximate surface area is 179 Å². The van der Waals surface area contributed by atoms with Crippen molar-refractivity contribution in [2.75, 3.05) is 0 Å². The highest BCUT2D eigenvalue weighted by molar-refractivity contribution is 7.60. The Hall–Kier alpha value is -1.13. The standard InChI is InChI=1S/C28H37P/c1-3-28(29(22-14-6-4-7-15-22)23-16-8-5-9-17-23)26-20-11-10-18-24(26)25-19-12-13-21(2)27(25)28/h10-13,18-20,22-23H,3-9,14-17H2,1-2H3/t28-/m1/s1. The van der Waals surface area contributed by atoms with Crippen molar-refractivity contribution in [1.29, 1.82) is 0 Å². The maximum absolute atomic E-state index is 2.51. The normalized spacial score (nSPS) is 25.2. The monoisotopic (exact) mass is 404 g/mol. The van der Waals surface area contributed by atoms with Gasteiger partial charge < -0.3 is 0 Å². The first kappa shape index (κ1) is 19.8. The second-order valence-electron chi connectivity index (χ2n) is 9.75. The first-order valence-corrected chi connectivity index (χ1v) is 13.7. The lowest BCUT2D eigenvalue weighted by molar-refractivity contribution is 0.473. The minimum Gasteiger partial charge on any atom is -0.0846 e. The van der Waals surface area contributed by atoms with Gasteiger partial charge in [0.05, 0.1) is 0 Å². The van der Waals surface area contributed by atoms with Crippen molar-refractivity contribution in [3.63, 3.8) is 0 Å². The van der Waals surface area contributed by atoms with Gasteiger partial charge in [-0.25, -0.2) is 0 Å². The molecule has 2 aromatic rings. The van der Waals surface area contributed by atoms with Crippen molar-refractivity contribution in [2.45, 2.75) is 101 Å². The van der Waals surface area contributed by atoms with Gasteiger partial charge in [-0.15, -0.1) is 0 Å². The highest BCUT2D eigenvalue weighted by atomic mass is 31.1. The molecule has 0 amide bonds. The van der Waals surface area contributed by atoms with Crippen molar-refractivity contribution in [1.82, 2.24) is 0 Å². The van der Waals surface area contributed by atoms with Crippen LogP contribution in [0, 0.1) is 6.92 Å². The van der Waals surface area contributed by atoms with Crippen LogP contribution in [-0.2, 0) is 5.16 Å². The third kappa shape index (κ3) is 3.13. The lowest BCUT2D eigenvalue weighted by atomic mass is 9.90. The summed E-state index contributed by atoms with van der Waals surface area (Å²) in [5.74, 6) is 0. The smallest absolute Gasteiger partial charge is 0.0418 e. The van der Waals surface area contributed by atoms with Crippen LogP contribution in [0.15, 0.2) is 42.5 Å². The SMILES string of the molecule is CC[C@@]1(P(C2CCCCC2)C2CCCCC2)c2ccccc2-c2cccc(C)c21. The molecule has 154 valence electrons. The molecule has 1 heteroatoms. The van der Waals surface area contributed by atoms with Crippen molar-refractivity contribution >= 4 is 7.92 Å². The lowest BCUT2D eigenvalue weighted by Gasteiger charge is -2.50. The van der Waals surface area contributed by atoms with Crippen molar-refractivity contribution in [3.8, 4) is 11.1 Å². The number of rotatable bonds is 4. The lowest BCUT2D eigenvalue weighted by Crippen LogP contribution is -2.34. The van der Waals surface area contributed by atoms with Gasteiger partial charge in [-0.1, -0.05) is 95.8 Å². The van der Waals surface area contributed by atoms with E-state index in [1.165, 1.54) is 70.6 Å².